The van der Waals surface area contributed by atoms with Crippen molar-refractivity contribution in [2.45, 2.75) is 37.5 Å². The summed E-state index contributed by atoms with van der Waals surface area (Å²) in [6, 6.07) is 4.08. The maximum atomic E-state index is 12.8. The van der Waals surface area contributed by atoms with Crippen LogP contribution in [0.1, 0.15) is 45.5 Å². The van der Waals surface area contributed by atoms with E-state index >= 15 is 0 Å². The molecular formula is C19H22N4O5. The van der Waals surface area contributed by atoms with Crippen molar-refractivity contribution in [3.63, 3.8) is 0 Å². The molecule has 0 radical (unpaired) electrons. The van der Waals surface area contributed by atoms with Gasteiger partial charge in [0, 0.05) is 26.1 Å². The Morgan fingerprint density at radius 3 is 2.54 bits per heavy atom. The first kappa shape index (κ1) is 18.7. The quantitative estimate of drug-likeness (QED) is 0.552. The van der Waals surface area contributed by atoms with E-state index in [0.29, 0.717) is 32.6 Å². The molecule has 0 aromatic heterocycles. The molecule has 3 aliphatic heterocycles. The van der Waals surface area contributed by atoms with E-state index in [1.54, 1.807) is 18.2 Å². The van der Waals surface area contributed by atoms with Crippen molar-refractivity contribution in [1.29, 1.82) is 0 Å². The lowest BCUT2D eigenvalue weighted by Gasteiger charge is -2.46. The molecule has 4 N–H and O–H groups in total. The van der Waals surface area contributed by atoms with Crippen molar-refractivity contribution in [3.05, 3.63) is 34.9 Å². The third kappa shape index (κ3) is 3.11. The molecule has 0 saturated carbocycles. The van der Waals surface area contributed by atoms with Crippen LogP contribution < -0.4 is 11.1 Å². The summed E-state index contributed by atoms with van der Waals surface area (Å²) in [6.07, 6.45) is 0.772. The smallest absolute Gasteiger partial charge is 0.262 e. The van der Waals surface area contributed by atoms with Gasteiger partial charge < -0.3 is 10.8 Å². The number of hydrogen-bond acceptors (Lipinski definition) is 7. The molecule has 1 aromatic carbocycles. The minimum absolute atomic E-state index is 0.0930. The number of β-amino-alcohol motifs (C(OH)–C–C–N with tert-alkyl or cyclic N) is 1. The van der Waals surface area contributed by atoms with Gasteiger partial charge in [0.25, 0.3) is 11.8 Å². The van der Waals surface area contributed by atoms with Crippen LogP contribution in [-0.4, -0.2) is 69.8 Å². The molecule has 28 heavy (non-hydrogen) atoms. The van der Waals surface area contributed by atoms with E-state index < -0.39 is 35.3 Å². The van der Waals surface area contributed by atoms with Gasteiger partial charge in [-0.1, -0.05) is 6.07 Å². The van der Waals surface area contributed by atoms with E-state index in [4.69, 9.17) is 5.73 Å². The largest absolute Gasteiger partial charge is 0.387 e. The molecular weight excluding hydrogens is 364 g/mol. The number of likely N-dealkylation sites (tertiary alicyclic amines) is 1. The average Bonchev–Trinajstić information content (AvgIpc) is 2.85. The number of imide groups is 2. The summed E-state index contributed by atoms with van der Waals surface area (Å²) in [7, 11) is 0. The molecule has 4 amide bonds. The fourth-order valence-electron chi connectivity index (χ4n) is 4.20. The Morgan fingerprint density at radius 2 is 1.86 bits per heavy atom. The number of nitrogens with one attached hydrogen (secondary N) is 1. The number of carbonyl (C=O) groups excluding carboxylic acids is 4. The number of carbonyl (C=O) groups is 4. The number of fused-ring (bicyclic) bond motifs is 1. The number of rotatable bonds is 5. The van der Waals surface area contributed by atoms with E-state index in [2.05, 4.69) is 5.32 Å². The number of amides is 4. The van der Waals surface area contributed by atoms with Crippen LogP contribution in [0.15, 0.2) is 18.2 Å². The minimum Gasteiger partial charge on any atom is -0.387 e. The molecule has 148 valence electrons. The highest BCUT2D eigenvalue weighted by molar-refractivity contribution is 6.23. The Morgan fingerprint density at radius 1 is 1.14 bits per heavy atom. The van der Waals surface area contributed by atoms with Crippen LogP contribution in [0.2, 0.25) is 0 Å². The summed E-state index contributed by atoms with van der Waals surface area (Å²) in [5, 5.41) is 12.4. The van der Waals surface area contributed by atoms with Crippen LogP contribution in [0.3, 0.4) is 0 Å². The fourth-order valence-corrected chi connectivity index (χ4v) is 4.20. The Labute approximate surface area is 161 Å². The Kier molecular flexibility index (Phi) is 4.53. The Balaban J connectivity index is 1.49. The summed E-state index contributed by atoms with van der Waals surface area (Å²) in [5.74, 6) is -2.04. The summed E-state index contributed by atoms with van der Waals surface area (Å²) in [4.78, 5) is 51.9. The minimum atomic E-state index is -0.963. The van der Waals surface area contributed by atoms with Crippen molar-refractivity contribution in [1.82, 2.24) is 15.1 Å². The van der Waals surface area contributed by atoms with Crippen LogP contribution in [0.4, 0.5) is 0 Å². The Hall–Kier alpha value is -2.62. The monoisotopic (exact) mass is 386 g/mol. The number of piperidine rings is 1. The number of hydrogen-bond donors (Lipinski definition) is 3. The lowest BCUT2D eigenvalue weighted by Crippen LogP contribution is -2.61. The van der Waals surface area contributed by atoms with E-state index in [-0.39, 0.29) is 24.0 Å². The van der Waals surface area contributed by atoms with Gasteiger partial charge in [0.15, 0.2) is 0 Å². The van der Waals surface area contributed by atoms with Crippen molar-refractivity contribution in [2.75, 3.05) is 19.6 Å². The van der Waals surface area contributed by atoms with E-state index in [0.717, 1.165) is 10.5 Å². The van der Waals surface area contributed by atoms with E-state index in [9.17, 15) is 24.3 Å². The highest BCUT2D eigenvalue weighted by Crippen LogP contribution is 2.30. The maximum absolute atomic E-state index is 12.8. The first-order valence-electron chi connectivity index (χ1n) is 9.31. The van der Waals surface area contributed by atoms with Crippen LogP contribution in [-0.2, 0) is 16.1 Å². The predicted molar refractivity (Wildman–Crippen MR) is 97.0 cm³/mol. The fraction of sp³-hybridized carbons (Fsp3) is 0.474. The van der Waals surface area contributed by atoms with Crippen molar-refractivity contribution in [3.8, 4) is 0 Å². The summed E-state index contributed by atoms with van der Waals surface area (Å²) >= 11 is 0. The van der Waals surface area contributed by atoms with E-state index in [1.807, 2.05) is 4.90 Å². The third-order valence-electron chi connectivity index (χ3n) is 5.56. The molecule has 3 heterocycles. The van der Waals surface area contributed by atoms with Crippen LogP contribution in [0.5, 0.6) is 0 Å². The van der Waals surface area contributed by atoms with Crippen molar-refractivity contribution >= 4 is 23.6 Å². The van der Waals surface area contributed by atoms with Gasteiger partial charge in [-0.15, -0.1) is 0 Å². The molecule has 1 unspecified atom stereocenters. The summed E-state index contributed by atoms with van der Waals surface area (Å²) in [5.41, 5.74) is 6.13. The van der Waals surface area contributed by atoms with Gasteiger partial charge in [-0.2, -0.15) is 0 Å². The lowest BCUT2D eigenvalue weighted by atomic mass is 9.90. The highest BCUT2D eigenvalue weighted by atomic mass is 16.3. The van der Waals surface area contributed by atoms with Crippen LogP contribution >= 0.6 is 0 Å². The second-order valence-electron chi connectivity index (χ2n) is 7.74. The normalized spacial score (nSPS) is 24.2. The Bertz CT molecular complexity index is 877. The van der Waals surface area contributed by atoms with Gasteiger partial charge >= 0.3 is 0 Å². The molecule has 0 bridgehead atoms. The first-order valence-corrected chi connectivity index (χ1v) is 9.31. The topological polar surface area (TPSA) is 133 Å². The SMILES string of the molecule is NCCC1(O)CN(Cc2ccc3c(c2)C(=O)N(C2CCC(=O)NC2=O)C3=O)C1. The van der Waals surface area contributed by atoms with Crippen LogP contribution in [0.25, 0.3) is 0 Å². The molecule has 9 heteroatoms. The predicted octanol–water partition coefficient (Wildman–Crippen LogP) is -1.02. The summed E-state index contributed by atoms with van der Waals surface area (Å²) < 4.78 is 0. The summed E-state index contributed by atoms with van der Waals surface area (Å²) in [6.45, 7) is 1.99. The number of benzene rings is 1. The molecule has 9 nitrogen and oxygen atoms in total. The lowest BCUT2D eigenvalue weighted by molar-refractivity contribution is -0.136. The van der Waals surface area contributed by atoms with Crippen molar-refractivity contribution < 1.29 is 24.3 Å². The van der Waals surface area contributed by atoms with Crippen molar-refractivity contribution in [2.24, 2.45) is 5.73 Å². The number of nitrogens with two attached hydrogens (primary N) is 1. The molecule has 2 fully saturated rings. The zero-order valence-electron chi connectivity index (χ0n) is 15.3. The van der Waals surface area contributed by atoms with Gasteiger partial charge in [-0.05, 0) is 37.1 Å². The van der Waals surface area contributed by atoms with Gasteiger partial charge in [-0.25, -0.2) is 0 Å². The first-order chi connectivity index (χ1) is 13.3. The molecule has 0 spiro atoms. The third-order valence-corrected chi connectivity index (χ3v) is 5.56. The van der Waals surface area contributed by atoms with Crippen LogP contribution in [0, 0.1) is 0 Å². The molecule has 1 aromatic rings. The maximum Gasteiger partial charge on any atom is 0.262 e. The molecule has 0 aliphatic carbocycles. The standard InChI is InChI=1S/C19H22N4O5/c20-6-5-19(28)9-22(10-19)8-11-1-2-12-13(7-11)18(27)23(17(12)26)14-3-4-15(24)21-16(14)25/h1-2,7,14,28H,3-6,8-10,20H2,(H,21,24,25). The zero-order chi connectivity index (χ0) is 20.1. The van der Waals surface area contributed by atoms with Gasteiger partial charge in [-0.3, -0.25) is 34.3 Å². The zero-order valence-corrected chi connectivity index (χ0v) is 15.3. The van der Waals surface area contributed by atoms with Gasteiger partial charge in [0.05, 0.1) is 16.7 Å². The second kappa shape index (κ2) is 6.77. The van der Waals surface area contributed by atoms with E-state index in [1.165, 1.54) is 0 Å². The van der Waals surface area contributed by atoms with Gasteiger partial charge in [0.2, 0.25) is 11.8 Å². The molecule has 3 aliphatic rings. The van der Waals surface area contributed by atoms with Gasteiger partial charge in [0.1, 0.15) is 6.04 Å². The number of nitrogens with zero attached hydrogens (tertiary/aromatic N) is 2. The molecule has 2 saturated heterocycles. The molecule has 4 rings (SSSR count). The average molecular weight is 386 g/mol. The number of aliphatic hydroxyl groups is 1. The highest BCUT2D eigenvalue weighted by Gasteiger charge is 2.45. The second-order valence-corrected chi connectivity index (χ2v) is 7.74. The molecule has 1 atom stereocenters.